The van der Waals surface area contributed by atoms with Crippen LogP contribution in [0.2, 0.25) is 0 Å². The fraction of sp³-hybridized carbons (Fsp3) is 0.348. The van der Waals surface area contributed by atoms with Crippen molar-refractivity contribution in [1.29, 1.82) is 0 Å². The van der Waals surface area contributed by atoms with E-state index in [4.69, 9.17) is 14.0 Å². The topological polar surface area (TPSA) is 139 Å². The van der Waals surface area contributed by atoms with Gasteiger partial charge in [0.15, 0.2) is 11.5 Å². The van der Waals surface area contributed by atoms with Crippen molar-refractivity contribution in [2.45, 2.75) is 12.8 Å². The summed E-state index contributed by atoms with van der Waals surface area (Å²) in [7, 11) is 0. The molecule has 13 heteroatoms. The quantitative estimate of drug-likeness (QED) is 0.507. The number of anilines is 1. The van der Waals surface area contributed by atoms with Gasteiger partial charge in [-0.25, -0.2) is 15.0 Å². The molecule has 13 nitrogen and oxygen atoms in total. The molecule has 6 rings (SSSR count). The molecule has 0 saturated carbocycles. The summed E-state index contributed by atoms with van der Waals surface area (Å²) >= 11 is 0. The Hall–Kier alpha value is -4.55. The maximum Gasteiger partial charge on any atom is 0.274 e. The monoisotopic (exact) mass is 490 g/mol. The van der Waals surface area contributed by atoms with Crippen LogP contribution in [0.3, 0.4) is 0 Å². The van der Waals surface area contributed by atoms with E-state index >= 15 is 0 Å². The van der Waals surface area contributed by atoms with Crippen LogP contribution in [0.15, 0.2) is 46.3 Å². The average molecular weight is 490 g/mol. The van der Waals surface area contributed by atoms with Gasteiger partial charge in [-0.1, -0.05) is 5.16 Å². The normalized spacial score (nSPS) is 17.4. The number of benzene rings is 1. The van der Waals surface area contributed by atoms with Crippen LogP contribution in [-0.2, 0) is 9.59 Å². The first kappa shape index (κ1) is 21.9. The predicted molar refractivity (Wildman–Crippen MR) is 124 cm³/mol. The fourth-order valence-corrected chi connectivity index (χ4v) is 4.21. The second-order valence-corrected chi connectivity index (χ2v) is 8.41. The highest BCUT2D eigenvalue weighted by Gasteiger charge is 2.29. The molecule has 0 N–H and O–H groups in total. The van der Waals surface area contributed by atoms with Gasteiger partial charge in [0.2, 0.25) is 30.4 Å². The maximum absolute atomic E-state index is 12.9. The molecule has 0 atom stereocenters. The van der Waals surface area contributed by atoms with Crippen molar-refractivity contribution in [2.75, 3.05) is 44.4 Å². The number of rotatable bonds is 5. The van der Waals surface area contributed by atoms with Crippen molar-refractivity contribution in [2.24, 2.45) is 5.10 Å². The van der Waals surface area contributed by atoms with E-state index < -0.39 is 0 Å². The molecule has 0 radical (unpaired) electrons. The predicted octanol–water partition coefficient (Wildman–Crippen LogP) is 0.931. The van der Waals surface area contributed by atoms with Crippen LogP contribution in [0.25, 0.3) is 11.4 Å². The van der Waals surface area contributed by atoms with Crippen molar-refractivity contribution in [3.05, 3.63) is 42.5 Å². The summed E-state index contributed by atoms with van der Waals surface area (Å²) in [5.74, 6) is 2.10. The molecule has 2 aromatic heterocycles. The van der Waals surface area contributed by atoms with Gasteiger partial charge in [-0.2, -0.15) is 10.1 Å². The van der Waals surface area contributed by atoms with Gasteiger partial charge in [-0.3, -0.25) is 9.59 Å². The molecular formula is C23H22N8O5. The zero-order valence-electron chi connectivity index (χ0n) is 19.2. The number of ether oxygens (including phenoxy) is 2. The van der Waals surface area contributed by atoms with E-state index in [9.17, 15) is 9.59 Å². The van der Waals surface area contributed by atoms with E-state index in [1.807, 2.05) is 11.0 Å². The number of hydrazone groups is 1. The lowest BCUT2D eigenvalue weighted by Crippen LogP contribution is -2.52. The van der Waals surface area contributed by atoms with E-state index in [-0.39, 0.29) is 37.5 Å². The smallest absolute Gasteiger partial charge is 0.274 e. The Morgan fingerprint density at radius 2 is 1.81 bits per heavy atom. The number of fused-ring (bicyclic) bond motifs is 1. The summed E-state index contributed by atoms with van der Waals surface area (Å²) in [4.78, 5) is 42.1. The van der Waals surface area contributed by atoms with E-state index in [1.54, 1.807) is 35.5 Å². The number of nitrogens with zero attached hydrogens (tertiary/aromatic N) is 8. The van der Waals surface area contributed by atoms with Crippen LogP contribution in [0, 0.1) is 0 Å². The Kier molecular flexibility index (Phi) is 5.64. The molecule has 1 fully saturated rings. The van der Waals surface area contributed by atoms with Crippen LogP contribution in [-0.4, -0.2) is 87.1 Å². The Balaban J connectivity index is 1.11. The third-order valence-corrected chi connectivity index (χ3v) is 6.16. The largest absolute Gasteiger partial charge is 0.454 e. The molecule has 3 aliphatic rings. The third kappa shape index (κ3) is 4.30. The van der Waals surface area contributed by atoms with E-state index in [2.05, 4.69) is 25.2 Å². The van der Waals surface area contributed by atoms with Crippen LogP contribution < -0.4 is 14.4 Å². The molecule has 1 aromatic carbocycles. The molecule has 0 aliphatic carbocycles. The Morgan fingerprint density at radius 3 is 2.64 bits per heavy atom. The number of aromatic nitrogens is 4. The Morgan fingerprint density at radius 1 is 1.00 bits per heavy atom. The van der Waals surface area contributed by atoms with Gasteiger partial charge in [0, 0.05) is 57.0 Å². The average Bonchev–Trinajstić information content (AvgIpc) is 3.60. The summed E-state index contributed by atoms with van der Waals surface area (Å²) in [5.41, 5.74) is 1.17. The zero-order chi connectivity index (χ0) is 24.5. The van der Waals surface area contributed by atoms with Crippen molar-refractivity contribution in [3.63, 3.8) is 0 Å². The number of amides is 2. The van der Waals surface area contributed by atoms with Gasteiger partial charge in [0.1, 0.15) is 12.3 Å². The molecule has 5 heterocycles. The molecule has 3 aromatic rings. The van der Waals surface area contributed by atoms with Gasteiger partial charge >= 0.3 is 0 Å². The third-order valence-electron chi connectivity index (χ3n) is 6.16. The number of carbonyl (C=O) groups is 2. The van der Waals surface area contributed by atoms with Crippen LogP contribution in [0.4, 0.5) is 5.95 Å². The summed E-state index contributed by atoms with van der Waals surface area (Å²) in [5, 5.41) is 9.61. The number of piperazine rings is 1. The lowest BCUT2D eigenvalue weighted by atomic mass is 10.1. The molecule has 1 saturated heterocycles. The minimum absolute atomic E-state index is 0.146. The van der Waals surface area contributed by atoms with Gasteiger partial charge in [0.05, 0.1) is 0 Å². The standard InChI is InChI=1S/C23H22N8O5/c32-19-5-3-16(22-26-21(28-36-22)15-2-4-17-18(12-15)35-14-34-17)27-31(19)13-20(33)29-8-10-30(11-9-29)23-24-6-1-7-25-23/h1-2,4,6-7,12H,3,5,8-11,13-14H2. The Bertz CT molecular complexity index is 1320. The number of hydrogen-bond acceptors (Lipinski definition) is 11. The maximum atomic E-state index is 12.9. The molecule has 0 spiro atoms. The molecule has 3 aliphatic heterocycles. The summed E-state index contributed by atoms with van der Waals surface area (Å²) in [6.07, 6.45) is 3.94. The van der Waals surface area contributed by atoms with Crippen LogP contribution in [0.1, 0.15) is 18.7 Å². The molecule has 184 valence electrons. The first-order chi connectivity index (χ1) is 17.6. The lowest BCUT2D eigenvalue weighted by molar-refractivity contribution is -0.141. The first-order valence-corrected chi connectivity index (χ1v) is 11.6. The van der Waals surface area contributed by atoms with E-state index in [1.165, 1.54) is 5.01 Å². The van der Waals surface area contributed by atoms with Gasteiger partial charge in [-0.15, -0.1) is 0 Å². The van der Waals surface area contributed by atoms with Crippen LogP contribution in [0.5, 0.6) is 11.5 Å². The van der Waals surface area contributed by atoms with Crippen molar-refractivity contribution in [1.82, 2.24) is 30.0 Å². The molecule has 36 heavy (non-hydrogen) atoms. The number of carbonyl (C=O) groups excluding carboxylic acids is 2. The summed E-state index contributed by atoms with van der Waals surface area (Å²) in [6, 6.07) is 7.13. The van der Waals surface area contributed by atoms with Gasteiger partial charge in [-0.05, 0) is 24.3 Å². The minimum atomic E-state index is -0.223. The molecule has 0 bridgehead atoms. The highest BCUT2D eigenvalue weighted by atomic mass is 16.7. The van der Waals surface area contributed by atoms with Gasteiger partial charge in [0.25, 0.3) is 5.89 Å². The molecule has 0 unspecified atom stereocenters. The number of hydrogen-bond donors (Lipinski definition) is 0. The summed E-state index contributed by atoms with van der Waals surface area (Å²) < 4.78 is 16.2. The van der Waals surface area contributed by atoms with Crippen molar-refractivity contribution < 1.29 is 23.6 Å². The second-order valence-electron chi connectivity index (χ2n) is 8.41. The van der Waals surface area contributed by atoms with E-state index in [0.29, 0.717) is 67.1 Å². The highest BCUT2D eigenvalue weighted by molar-refractivity contribution is 6.01. The Labute approximate surface area is 205 Å². The highest BCUT2D eigenvalue weighted by Crippen LogP contribution is 2.35. The summed E-state index contributed by atoms with van der Waals surface area (Å²) in [6.45, 7) is 2.28. The van der Waals surface area contributed by atoms with E-state index in [0.717, 1.165) is 0 Å². The SMILES string of the molecule is O=C(CN1N=C(c2nc(-c3ccc4c(c3)OCO4)no2)CCC1=O)N1CCN(c2ncccn2)CC1. The van der Waals surface area contributed by atoms with Crippen molar-refractivity contribution in [3.8, 4) is 22.9 Å². The lowest BCUT2D eigenvalue weighted by Gasteiger charge is -2.35. The first-order valence-electron chi connectivity index (χ1n) is 11.6. The zero-order valence-corrected chi connectivity index (χ0v) is 19.2. The molecular weight excluding hydrogens is 468 g/mol. The van der Waals surface area contributed by atoms with Crippen LogP contribution >= 0.6 is 0 Å². The van der Waals surface area contributed by atoms with Gasteiger partial charge < -0.3 is 23.8 Å². The minimum Gasteiger partial charge on any atom is -0.454 e. The molecule has 2 amide bonds. The van der Waals surface area contributed by atoms with Crippen molar-refractivity contribution >= 4 is 23.5 Å². The second kappa shape index (κ2) is 9.24. The fourth-order valence-electron chi connectivity index (χ4n) is 4.21.